The summed E-state index contributed by atoms with van der Waals surface area (Å²) in [6.45, 7) is 0. The van der Waals surface area contributed by atoms with E-state index < -0.39 is 5.38 Å². The fourth-order valence-corrected chi connectivity index (χ4v) is 2.18. The SMILES string of the molecule is O=C=Nc1cccc(C(Cl)c2ccccc2)c1N=C=O. The summed E-state index contributed by atoms with van der Waals surface area (Å²) in [6, 6.07) is 14.3. The maximum atomic E-state index is 10.6. The van der Waals surface area contributed by atoms with Crippen LogP contribution in [0.4, 0.5) is 11.4 Å². The largest absolute Gasteiger partial charge is 0.240 e. The molecule has 2 rings (SSSR count). The van der Waals surface area contributed by atoms with E-state index in [1.54, 1.807) is 18.2 Å². The predicted molar refractivity (Wildman–Crippen MR) is 76.1 cm³/mol. The van der Waals surface area contributed by atoms with Crippen molar-refractivity contribution in [3.8, 4) is 0 Å². The number of hydrogen-bond acceptors (Lipinski definition) is 4. The molecule has 0 spiro atoms. The Bertz CT molecular complexity index is 703. The van der Waals surface area contributed by atoms with E-state index >= 15 is 0 Å². The number of para-hydroxylation sites is 1. The minimum Gasteiger partial charge on any atom is -0.211 e. The second-order valence-corrected chi connectivity index (χ2v) is 4.33. The lowest BCUT2D eigenvalue weighted by molar-refractivity contribution is 0.564. The summed E-state index contributed by atoms with van der Waals surface area (Å²) in [5.41, 5.74) is 1.90. The summed E-state index contributed by atoms with van der Waals surface area (Å²) < 4.78 is 0. The van der Waals surface area contributed by atoms with Gasteiger partial charge in [0.2, 0.25) is 12.2 Å². The van der Waals surface area contributed by atoms with Gasteiger partial charge in [0, 0.05) is 5.56 Å². The standard InChI is InChI=1S/C15H9ClN2O2/c16-14(11-5-2-1-3-6-11)12-7-4-8-13(17-9-19)15(12)18-10-20/h1-8,14H. The highest BCUT2D eigenvalue weighted by Gasteiger charge is 2.17. The van der Waals surface area contributed by atoms with Crippen LogP contribution >= 0.6 is 11.6 Å². The van der Waals surface area contributed by atoms with Gasteiger partial charge >= 0.3 is 0 Å². The lowest BCUT2D eigenvalue weighted by Crippen LogP contribution is -1.93. The second kappa shape index (κ2) is 6.60. The van der Waals surface area contributed by atoms with Crippen LogP contribution in [0.5, 0.6) is 0 Å². The van der Waals surface area contributed by atoms with Gasteiger partial charge in [-0.3, -0.25) is 0 Å². The van der Waals surface area contributed by atoms with Gasteiger partial charge in [-0.15, -0.1) is 11.6 Å². The molecule has 0 amide bonds. The maximum absolute atomic E-state index is 10.6. The molecule has 0 fully saturated rings. The van der Waals surface area contributed by atoms with Crippen molar-refractivity contribution in [1.29, 1.82) is 0 Å². The number of nitrogens with zero attached hydrogens (tertiary/aromatic N) is 2. The van der Waals surface area contributed by atoms with Crippen LogP contribution in [0.2, 0.25) is 0 Å². The van der Waals surface area contributed by atoms with Crippen LogP contribution in [0.15, 0.2) is 58.5 Å². The van der Waals surface area contributed by atoms with Gasteiger partial charge in [-0.2, -0.15) is 9.98 Å². The molecular formula is C15H9ClN2O2. The Labute approximate surface area is 120 Å². The van der Waals surface area contributed by atoms with E-state index in [4.69, 9.17) is 11.6 Å². The second-order valence-electron chi connectivity index (χ2n) is 3.89. The average molecular weight is 285 g/mol. The molecule has 0 heterocycles. The highest BCUT2D eigenvalue weighted by atomic mass is 35.5. The minimum absolute atomic E-state index is 0.231. The molecule has 1 unspecified atom stereocenters. The molecule has 0 N–H and O–H groups in total. The molecule has 0 saturated carbocycles. The van der Waals surface area contributed by atoms with Crippen molar-refractivity contribution in [2.24, 2.45) is 9.98 Å². The Morgan fingerprint density at radius 1 is 0.900 bits per heavy atom. The predicted octanol–water partition coefficient (Wildman–Crippen LogP) is 3.95. The zero-order valence-electron chi connectivity index (χ0n) is 10.3. The van der Waals surface area contributed by atoms with E-state index in [0.717, 1.165) is 5.56 Å². The highest BCUT2D eigenvalue weighted by Crippen LogP contribution is 2.40. The molecule has 0 aliphatic rings. The molecule has 98 valence electrons. The molecule has 20 heavy (non-hydrogen) atoms. The lowest BCUT2D eigenvalue weighted by Gasteiger charge is -2.13. The summed E-state index contributed by atoms with van der Waals surface area (Å²) in [5, 5.41) is -0.509. The Hall–Kier alpha value is -2.51. The monoisotopic (exact) mass is 284 g/mol. The van der Waals surface area contributed by atoms with Gasteiger partial charge in [-0.1, -0.05) is 42.5 Å². The Morgan fingerprint density at radius 3 is 2.25 bits per heavy atom. The van der Waals surface area contributed by atoms with Gasteiger partial charge in [0.15, 0.2) is 0 Å². The number of isocyanates is 2. The van der Waals surface area contributed by atoms with Gasteiger partial charge in [-0.05, 0) is 11.6 Å². The molecule has 0 bridgehead atoms. The number of carbonyl (C=O) groups excluding carboxylic acids is 2. The van der Waals surface area contributed by atoms with Crippen LogP contribution in [-0.4, -0.2) is 12.2 Å². The van der Waals surface area contributed by atoms with Crippen molar-refractivity contribution in [3.05, 3.63) is 59.7 Å². The van der Waals surface area contributed by atoms with E-state index in [9.17, 15) is 9.59 Å². The Morgan fingerprint density at radius 2 is 1.60 bits per heavy atom. The zero-order chi connectivity index (χ0) is 14.4. The topological polar surface area (TPSA) is 58.9 Å². The third-order valence-electron chi connectivity index (χ3n) is 2.73. The van der Waals surface area contributed by atoms with Crippen LogP contribution in [0, 0.1) is 0 Å². The third kappa shape index (κ3) is 2.90. The van der Waals surface area contributed by atoms with Crippen molar-refractivity contribution in [2.75, 3.05) is 0 Å². The smallest absolute Gasteiger partial charge is 0.211 e. The molecule has 0 saturated heterocycles. The van der Waals surface area contributed by atoms with E-state index in [0.29, 0.717) is 5.56 Å². The summed E-state index contributed by atoms with van der Waals surface area (Å²) >= 11 is 6.41. The maximum Gasteiger partial charge on any atom is 0.240 e. The first-order valence-corrected chi connectivity index (χ1v) is 6.19. The highest BCUT2D eigenvalue weighted by molar-refractivity contribution is 6.23. The first-order valence-electron chi connectivity index (χ1n) is 5.75. The van der Waals surface area contributed by atoms with Crippen LogP contribution in [0.3, 0.4) is 0 Å². The van der Waals surface area contributed by atoms with E-state index in [1.165, 1.54) is 12.2 Å². The van der Waals surface area contributed by atoms with Crippen molar-refractivity contribution < 1.29 is 9.59 Å². The van der Waals surface area contributed by atoms with Crippen LogP contribution in [-0.2, 0) is 9.59 Å². The van der Waals surface area contributed by atoms with Gasteiger partial charge in [0.25, 0.3) is 0 Å². The van der Waals surface area contributed by atoms with Crippen molar-refractivity contribution in [2.45, 2.75) is 5.38 Å². The van der Waals surface area contributed by atoms with Gasteiger partial charge in [-0.25, -0.2) is 9.59 Å². The molecule has 0 aliphatic heterocycles. The minimum atomic E-state index is -0.509. The van der Waals surface area contributed by atoms with Gasteiger partial charge in [0.1, 0.15) is 11.4 Å². The fraction of sp³-hybridized carbons (Fsp3) is 0.0667. The molecule has 0 aliphatic carbocycles. The molecular weight excluding hydrogens is 276 g/mol. The first kappa shape index (κ1) is 13.9. The first-order chi connectivity index (χ1) is 9.77. The van der Waals surface area contributed by atoms with Crippen molar-refractivity contribution in [1.82, 2.24) is 0 Å². The normalized spacial score (nSPS) is 11.1. The summed E-state index contributed by atoms with van der Waals surface area (Å²) in [7, 11) is 0. The summed E-state index contributed by atoms with van der Waals surface area (Å²) in [5.74, 6) is 0. The zero-order valence-corrected chi connectivity index (χ0v) is 11.0. The van der Waals surface area contributed by atoms with Crippen molar-refractivity contribution >= 4 is 35.1 Å². The van der Waals surface area contributed by atoms with Crippen LogP contribution < -0.4 is 0 Å². The molecule has 1 atom stereocenters. The molecule has 2 aromatic carbocycles. The summed E-state index contributed by atoms with van der Waals surface area (Å²) in [4.78, 5) is 28.1. The van der Waals surface area contributed by atoms with Gasteiger partial charge in [0.05, 0.1) is 5.38 Å². The molecule has 4 nitrogen and oxygen atoms in total. The van der Waals surface area contributed by atoms with Gasteiger partial charge < -0.3 is 0 Å². The number of hydrogen-bond donors (Lipinski definition) is 0. The van der Waals surface area contributed by atoms with E-state index in [1.807, 2.05) is 30.3 Å². The van der Waals surface area contributed by atoms with Crippen molar-refractivity contribution in [3.63, 3.8) is 0 Å². The third-order valence-corrected chi connectivity index (χ3v) is 3.22. The average Bonchev–Trinajstić information content (AvgIpc) is 2.49. The number of aliphatic imine (C=N–C) groups is 2. The van der Waals surface area contributed by atoms with E-state index in [-0.39, 0.29) is 11.4 Å². The van der Waals surface area contributed by atoms with Crippen LogP contribution in [0.25, 0.3) is 0 Å². The molecule has 2 aromatic rings. The molecule has 0 aromatic heterocycles. The summed E-state index contributed by atoms with van der Waals surface area (Å²) in [6.07, 6.45) is 2.89. The molecule has 5 heteroatoms. The Kier molecular flexibility index (Phi) is 4.59. The molecule has 0 radical (unpaired) electrons. The quantitative estimate of drug-likeness (QED) is 0.485. The number of alkyl halides is 1. The number of halogens is 1. The lowest BCUT2D eigenvalue weighted by atomic mass is 10.0. The van der Waals surface area contributed by atoms with E-state index in [2.05, 4.69) is 9.98 Å². The fourth-order valence-electron chi connectivity index (χ4n) is 1.86. The Balaban J connectivity index is 2.59. The van der Waals surface area contributed by atoms with Crippen LogP contribution in [0.1, 0.15) is 16.5 Å². The number of benzene rings is 2. The number of rotatable bonds is 4.